The van der Waals surface area contributed by atoms with Crippen LogP contribution in [0.4, 0.5) is 0 Å². The molecule has 0 spiro atoms. The van der Waals surface area contributed by atoms with Crippen molar-refractivity contribution >= 4 is 15.9 Å². The van der Waals surface area contributed by atoms with Crippen LogP contribution in [0.2, 0.25) is 0 Å². The van der Waals surface area contributed by atoms with Crippen molar-refractivity contribution < 1.29 is 13.2 Å². The Morgan fingerprint density at radius 2 is 1.79 bits per heavy atom. The van der Waals surface area contributed by atoms with Gasteiger partial charge in [-0.3, -0.25) is 4.79 Å². The smallest absolute Gasteiger partial charge is 0.240 e. The molecule has 0 saturated heterocycles. The van der Waals surface area contributed by atoms with Gasteiger partial charge in [-0.2, -0.15) is 0 Å². The maximum absolute atomic E-state index is 12.3. The molecule has 1 saturated carbocycles. The molecule has 2 rings (SSSR count). The van der Waals surface area contributed by atoms with Crippen LogP contribution in [0.3, 0.4) is 0 Å². The molecule has 0 heterocycles. The summed E-state index contributed by atoms with van der Waals surface area (Å²) in [6, 6.07) is 5.47. The quantitative estimate of drug-likeness (QED) is 0.773. The second-order valence-electron chi connectivity index (χ2n) is 6.67. The van der Waals surface area contributed by atoms with Gasteiger partial charge in [-0.1, -0.05) is 43.4 Å². The fraction of sp³-hybridized carbons (Fsp3) is 0.611. The predicted molar refractivity (Wildman–Crippen MR) is 95.4 cm³/mol. The van der Waals surface area contributed by atoms with E-state index >= 15 is 0 Å². The number of carbonyl (C=O) groups excluding carboxylic acids is 1. The molecule has 1 aliphatic carbocycles. The van der Waals surface area contributed by atoms with Crippen LogP contribution < -0.4 is 10.0 Å². The summed E-state index contributed by atoms with van der Waals surface area (Å²) in [5.41, 5.74) is 1.74. The number of benzene rings is 1. The first kappa shape index (κ1) is 18.9. The Hall–Kier alpha value is -1.40. The Kier molecular flexibility index (Phi) is 6.80. The molecule has 1 aromatic rings. The number of hydrogen-bond acceptors (Lipinski definition) is 3. The lowest BCUT2D eigenvalue weighted by Crippen LogP contribution is -2.36. The molecule has 1 aromatic carbocycles. The number of aryl methyl sites for hydroxylation is 2. The van der Waals surface area contributed by atoms with Crippen molar-refractivity contribution in [1.29, 1.82) is 0 Å². The highest BCUT2D eigenvalue weighted by Gasteiger charge is 2.18. The number of carbonyl (C=O) groups is 1. The maximum atomic E-state index is 12.3. The van der Waals surface area contributed by atoms with E-state index in [0.29, 0.717) is 5.56 Å². The number of nitrogens with one attached hydrogen (secondary N) is 2. The minimum atomic E-state index is -3.57. The zero-order valence-corrected chi connectivity index (χ0v) is 15.4. The number of rotatable bonds is 6. The van der Waals surface area contributed by atoms with Crippen LogP contribution in [0.25, 0.3) is 0 Å². The van der Waals surface area contributed by atoms with Crippen molar-refractivity contribution in [3.63, 3.8) is 0 Å². The molecular formula is C18H28N2O3S. The van der Waals surface area contributed by atoms with Gasteiger partial charge in [-0.05, 0) is 38.3 Å². The van der Waals surface area contributed by atoms with Crippen LogP contribution in [0, 0.1) is 13.8 Å². The lowest BCUT2D eigenvalue weighted by Gasteiger charge is -2.16. The van der Waals surface area contributed by atoms with E-state index < -0.39 is 10.0 Å². The third-order valence-corrected chi connectivity index (χ3v) is 6.11. The van der Waals surface area contributed by atoms with Gasteiger partial charge >= 0.3 is 0 Å². The van der Waals surface area contributed by atoms with Crippen LogP contribution in [0.5, 0.6) is 0 Å². The highest BCUT2D eigenvalue weighted by molar-refractivity contribution is 7.89. The molecule has 2 N–H and O–H groups in total. The first-order chi connectivity index (χ1) is 11.4. The van der Waals surface area contributed by atoms with Crippen LogP contribution >= 0.6 is 0 Å². The second-order valence-corrected chi connectivity index (χ2v) is 8.41. The van der Waals surface area contributed by atoms with Crippen LogP contribution in [0.15, 0.2) is 23.1 Å². The van der Waals surface area contributed by atoms with Gasteiger partial charge in [-0.15, -0.1) is 0 Å². The second kappa shape index (κ2) is 8.62. The Morgan fingerprint density at radius 1 is 1.12 bits per heavy atom. The summed E-state index contributed by atoms with van der Waals surface area (Å²) in [5.74, 6) is -0.0785. The average Bonchev–Trinajstić information content (AvgIpc) is 2.75. The summed E-state index contributed by atoms with van der Waals surface area (Å²) in [6.07, 6.45) is 7.01. The van der Waals surface area contributed by atoms with Crippen molar-refractivity contribution in [2.45, 2.75) is 69.7 Å². The predicted octanol–water partition coefficient (Wildman–Crippen LogP) is 2.81. The molecule has 0 aliphatic heterocycles. The van der Waals surface area contributed by atoms with E-state index in [-0.39, 0.29) is 29.8 Å². The molecule has 134 valence electrons. The summed E-state index contributed by atoms with van der Waals surface area (Å²) in [6.45, 7) is 3.82. The topological polar surface area (TPSA) is 75.3 Å². The zero-order valence-electron chi connectivity index (χ0n) is 14.6. The minimum absolute atomic E-state index is 0.0785. The van der Waals surface area contributed by atoms with Gasteiger partial charge in [-0.25, -0.2) is 13.1 Å². The number of amides is 1. The highest BCUT2D eigenvalue weighted by atomic mass is 32.2. The van der Waals surface area contributed by atoms with E-state index in [0.717, 1.165) is 31.2 Å². The van der Waals surface area contributed by atoms with E-state index in [4.69, 9.17) is 0 Å². The number of sulfonamides is 1. The molecule has 24 heavy (non-hydrogen) atoms. The average molecular weight is 353 g/mol. The fourth-order valence-corrected chi connectivity index (χ4v) is 4.46. The van der Waals surface area contributed by atoms with E-state index in [2.05, 4.69) is 10.0 Å². The van der Waals surface area contributed by atoms with Crippen molar-refractivity contribution in [3.05, 3.63) is 29.3 Å². The lowest BCUT2D eigenvalue weighted by molar-refractivity contribution is -0.121. The largest absolute Gasteiger partial charge is 0.353 e. The van der Waals surface area contributed by atoms with E-state index in [9.17, 15) is 13.2 Å². The van der Waals surface area contributed by atoms with Crippen molar-refractivity contribution in [2.24, 2.45) is 0 Å². The number of hydrogen-bond donors (Lipinski definition) is 2. The summed E-state index contributed by atoms with van der Waals surface area (Å²) in [5, 5.41) is 3.03. The third-order valence-electron chi connectivity index (χ3n) is 4.48. The summed E-state index contributed by atoms with van der Waals surface area (Å²) in [4.78, 5) is 12.3. The van der Waals surface area contributed by atoms with Gasteiger partial charge in [0.1, 0.15) is 0 Å². The molecule has 0 bridgehead atoms. The Bertz CT molecular complexity index is 663. The first-order valence-corrected chi connectivity index (χ1v) is 10.2. The van der Waals surface area contributed by atoms with Gasteiger partial charge in [0.25, 0.3) is 0 Å². The monoisotopic (exact) mass is 352 g/mol. The highest BCUT2D eigenvalue weighted by Crippen LogP contribution is 2.18. The Morgan fingerprint density at radius 3 is 2.42 bits per heavy atom. The van der Waals surface area contributed by atoms with Crippen molar-refractivity contribution in [2.75, 3.05) is 6.54 Å². The molecule has 6 heteroatoms. The zero-order chi connectivity index (χ0) is 17.6. The molecule has 1 aliphatic rings. The molecule has 1 amide bonds. The van der Waals surface area contributed by atoms with Gasteiger partial charge in [0.05, 0.1) is 4.90 Å². The van der Waals surface area contributed by atoms with Crippen molar-refractivity contribution in [3.8, 4) is 0 Å². The molecule has 5 nitrogen and oxygen atoms in total. The van der Waals surface area contributed by atoms with E-state index in [1.54, 1.807) is 19.1 Å². The maximum Gasteiger partial charge on any atom is 0.240 e. The molecule has 0 radical (unpaired) electrons. The lowest BCUT2D eigenvalue weighted by atomic mass is 10.1. The summed E-state index contributed by atoms with van der Waals surface area (Å²) in [7, 11) is -3.57. The Labute approximate surface area is 145 Å². The molecule has 0 aromatic heterocycles. The van der Waals surface area contributed by atoms with E-state index in [1.807, 2.05) is 13.0 Å². The van der Waals surface area contributed by atoms with Gasteiger partial charge < -0.3 is 5.32 Å². The Balaban J connectivity index is 1.82. The standard InChI is InChI=1S/C18H28N2O3S/c1-14-9-10-17(15(2)13-14)24(22,23)19-12-11-18(21)20-16-7-5-3-4-6-8-16/h9-10,13,16,19H,3-8,11-12H2,1-2H3,(H,20,21). The normalized spacial score (nSPS) is 16.6. The van der Waals surface area contributed by atoms with Crippen molar-refractivity contribution in [1.82, 2.24) is 10.0 Å². The third kappa shape index (κ3) is 5.60. The SMILES string of the molecule is Cc1ccc(S(=O)(=O)NCCC(=O)NC2CCCCCC2)c(C)c1. The van der Waals surface area contributed by atoms with Gasteiger partial charge in [0, 0.05) is 19.0 Å². The molecule has 0 unspecified atom stereocenters. The first-order valence-electron chi connectivity index (χ1n) is 8.75. The fourth-order valence-electron chi connectivity index (χ4n) is 3.20. The van der Waals surface area contributed by atoms with Crippen LogP contribution in [-0.4, -0.2) is 26.9 Å². The van der Waals surface area contributed by atoms with Gasteiger partial charge in [0.2, 0.25) is 15.9 Å². The molecular weight excluding hydrogens is 324 g/mol. The van der Waals surface area contributed by atoms with Crippen LogP contribution in [0.1, 0.15) is 56.1 Å². The summed E-state index contributed by atoms with van der Waals surface area (Å²) >= 11 is 0. The van der Waals surface area contributed by atoms with Gasteiger partial charge in [0.15, 0.2) is 0 Å². The summed E-state index contributed by atoms with van der Waals surface area (Å²) < 4.78 is 27.2. The minimum Gasteiger partial charge on any atom is -0.353 e. The van der Waals surface area contributed by atoms with Crippen LogP contribution in [-0.2, 0) is 14.8 Å². The molecule has 1 fully saturated rings. The molecule has 0 atom stereocenters. The van der Waals surface area contributed by atoms with E-state index in [1.165, 1.54) is 12.8 Å².